The van der Waals surface area contributed by atoms with Gasteiger partial charge in [-0.05, 0) is 44.5 Å². The summed E-state index contributed by atoms with van der Waals surface area (Å²) in [5.74, 6) is 0.812. The molecule has 0 unspecified atom stereocenters. The Balaban J connectivity index is 1.64. The van der Waals surface area contributed by atoms with Crippen LogP contribution in [-0.4, -0.2) is 19.7 Å². The van der Waals surface area contributed by atoms with E-state index in [1.807, 2.05) is 19.2 Å². The molecule has 1 aliphatic rings. The SMILES string of the molecule is CNCC1CC(OCc2ccc(Cl)s2)C1. The van der Waals surface area contributed by atoms with Crippen molar-refractivity contribution in [2.75, 3.05) is 13.6 Å². The predicted octanol–water partition coefficient (Wildman–Crippen LogP) is 2.92. The van der Waals surface area contributed by atoms with Crippen LogP contribution in [0.15, 0.2) is 12.1 Å². The summed E-state index contributed by atoms with van der Waals surface area (Å²) in [5, 5.41) is 3.20. The summed E-state index contributed by atoms with van der Waals surface area (Å²) in [6.45, 7) is 1.83. The molecule has 1 saturated carbocycles. The number of nitrogens with one attached hydrogen (secondary N) is 1. The van der Waals surface area contributed by atoms with Crippen LogP contribution in [-0.2, 0) is 11.3 Å². The minimum absolute atomic E-state index is 0.462. The lowest BCUT2D eigenvalue weighted by Crippen LogP contribution is -2.36. The maximum absolute atomic E-state index is 5.84. The van der Waals surface area contributed by atoms with Crippen molar-refractivity contribution < 1.29 is 4.74 Å². The Morgan fingerprint density at radius 1 is 1.53 bits per heavy atom. The Kier molecular flexibility index (Phi) is 4.03. The van der Waals surface area contributed by atoms with Crippen molar-refractivity contribution in [3.8, 4) is 0 Å². The van der Waals surface area contributed by atoms with Gasteiger partial charge < -0.3 is 10.1 Å². The largest absolute Gasteiger partial charge is 0.373 e. The summed E-state index contributed by atoms with van der Waals surface area (Å²) >= 11 is 7.45. The van der Waals surface area contributed by atoms with Gasteiger partial charge in [0, 0.05) is 4.88 Å². The van der Waals surface area contributed by atoms with Gasteiger partial charge in [-0.25, -0.2) is 0 Å². The third-order valence-electron chi connectivity index (χ3n) is 2.78. The van der Waals surface area contributed by atoms with Gasteiger partial charge in [0.25, 0.3) is 0 Å². The van der Waals surface area contributed by atoms with Gasteiger partial charge in [-0.2, -0.15) is 0 Å². The number of hydrogen-bond acceptors (Lipinski definition) is 3. The molecule has 84 valence electrons. The first kappa shape index (κ1) is 11.4. The number of rotatable bonds is 5. The number of hydrogen-bond donors (Lipinski definition) is 1. The first-order valence-electron chi connectivity index (χ1n) is 5.28. The highest BCUT2D eigenvalue weighted by Crippen LogP contribution is 2.31. The topological polar surface area (TPSA) is 21.3 Å². The standard InChI is InChI=1S/C11H16ClNOS/c1-13-6-8-4-9(5-8)14-7-10-2-3-11(12)15-10/h2-3,8-9,13H,4-7H2,1H3. The fourth-order valence-electron chi connectivity index (χ4n) is 1.90. The molecule has 2 nitrogen and oxygen atoms in total. The minimum atomic E-state index is 0.462. The quantitative estimate of drug-likeness (QED) is 0.861. The average Bonchev–Trinajstić information content (AvgIpc) is 2.55. The van der Waals surface area contributed by atoms with E-state index in [-0.39, 0.29) is 0 Å². The van der Waals surface area contributed by atoms with E-state index >= 15 is 0 Å². The van der Waals surface area contributed by atoms with Crippen molar-refractivity contribution in [3.63, 3.8) is 0 Å². The van der Waals surface area contributed by atoms with Gasteiger partial charge >= 0.3 is 0 Å². The Labute approximate surface area is 99.6 Å². The average molecular weight is 246 g/mol. The molecule has 0 spiro atoms. The molecule has 0 atom stereocenters. The number of thiophene rings is 1. The number of ether oxygens (including phenoxy) is 1. The van der Waals surface area contributed by atoms with Crippen molar-refractivity contribution in [3.05, 3.63) is 21.3 Å². The Morgan fingerprint density at radius 2 is 2.33 bits per heavy atom. The molecule has 1 aromatic heterocycles. The highest BCUT2D eigenvalue weighted by atomic mass is 35.5. The molecule has 0 amide bonds. The molecular weight excluding hydrogens is 230 g/mol. The molecular formula is C11H16ClNOS. The third kappa shape index (κ3) is 3.18. The molecule has 0 saturated heterocycles. The van der Waals surface area contributed by atoms with E-state index in [0.29, 0.717) is 12.7 Å². The zero-order chi connectivity index (χ0) is 10.7. The maximum atomic E-state index is 5.84. The van der Waals surface area contributed by atoms with E-state index in [0.717, 1.165) is 16.8 Å². The lowest BCUT2D eigenvalue weighted by atomic mass is 9.82. The van der Waals surface area contributed by atoms with Crippen LogP contribution in [0.2, 0.25) is 4.34 Å². The monoisotopic (exact) mass is 245 g/mol. The van der Waals surface area contributed by atoms with E-state index in [9.17, 15) is 0 Å². The second-order valence-corrected chi connectivity index (χ2v) is 5.83. The molecule has 15 heavy (non-hydrogen) atoms. The van der Waals surface area contributed by atoms with E-state index in [4.69, 9.17) is 16.3 Å². The van der Waals surface area contributed by atoms with Crippen molar-refractivity contribution in [1.29, 1.82) is 0 Å². The molecule has 1 fully saturated rings. The summed E-state index contributed by atoms with van der Waals surface area (Å²) in [4.78, 5) is 1.22. The van der Waals surface area contributed by atoms with Crippen LogP contribution >= 0.6 is 22.9 Å². The van der Waals surface area contributed by atoms with Crippen LogP contribution in [0.4, 0.5) is 0 Å². The number of halogens is 1. The smallest absolute Gasteiger partial charge is 0.0932 e. The molecule has 1 N–H and O–H groups in total. The van der Waals surface area contributed by atoms with Crippen LogP contribution in [0.25, 0.3) is 0 Å². The molecule has 0 aliphatic heterocycles. The highest BCUT2D eigenvalue weighted by Gasteiger charge is 2.28. The van der Waals surface area contributed by atoms with Gasteiger partial charge in [0.2, 0.25) is 0 Å². The highest BCUT2D eigenvalue weighted by molar-refractivity contribution is 7.16. The minimum Gasteiger partial charge on any atom is -0.373 e. The fourth-order valence-corrected chi connectivity index (χ4v) is 2.91. The molecule has 1 aliphatic carbocycles. The molecule has 0 bridgehead atoms. The van der Waals surface area contributed by atoms with Crippen LogP contribution in [0.1, 0.15) is 17.7 Å². The summed E-state index contributed by atoms with van der Waals surface area (Å²) in [7, 11) is 2.00. The molecule has 0 radical (unpaired) electrons. The fraction of sp³-hybridized carbons (Fsp3) is 0.636. The normalized spacial score (nSPS) is 25.2. The predicted molar refractivity (Wildman–Crippen MR) is 64.6 cm³/mol. The molecule has 1 aromatic rings. The molecule has 1 heterocycles. The van der Waals surface area contributed by atoms with E-state index in [1.54, 1.807) is 11.3 Å². The lowest BCUT2D eigenvalue weighted by molar-refractivity contribution is -0.0381. The van der Waals surface area contributed by atoms with E-state index in [2.05, 4.69) is 5.32 Å². The zero-order valence-corrected chi connectivity index (χ0v) is 10.4. The van der Waals surface area contributed by atoms with Crippen LogP contribution in [0, 0.1) is 5.92 Å². The molecule has 4 heteroatoms. The van der Waals surface area contributed by atoms with Crippen molar-refractivity contribution in [2.24, 2.45) is 5.92 Å². The Hall–Kier alpha value is -0.0900. The van der Waals surface area contributed by atoms with Gasteiger partial charge in [0.1, 0.15) is 0 Å². The van der Waals surface area contributed by atoms with Gasteiger partial charge in [-0.15, -0.1) is 11.3 Å². The van der Waals surface area contributed by atoms with E-state index in [1.165, 1.54) is 17.7 Å². The van der Waals surface area contributed by atoms with Crippen LogP contribution in [0.5, 0.6) is 0 Å². The van der Waals surface area contributed by atoms with Gasteiger partial charge in [0.05, 0.1) is 17.0 Å². The summed E-state index contributed by atoms with van der Waals surface area (Å²) in [6, 6.07) is 3.96. The van der Waals surface area contributed by atoms with Crippen LogP contribution in [0.3, 0.4) is 0 Å². The van der Waals surface area contributed by atoms with Gasteiger partial charge in [-0.3, -0.25) is 0 Å². The van der Waals surface area contributed by atoms with Crippen LogP contribution < -0.4 is 5.32 Å². The summed E-state index contributed by atoms with van der Waals surface area (Å²) in [6.07, 6.45) is 2.85. The van der Waals surface area contributed by atoms with Crippen molar-refractivity contribution in [2.45, 2.75) is 25.6 Å². The van der Waals surface area contributed by atoms with Gasteiger partial charge in [-0.1, -0.05) is 11.6 Å². The first-order chi connectivity index (χ1) is 7.28. The lowest BCUT2D eigenvalue weighted by Gasteiger charge is -2.34. The van der Waals surface area contributed by atoms with E-state index < -0.39 is 0 Å². The second-order valence-electron chi connectivity index (χ2n) is 4.03. The van der Waals surface area contributed by atoms with Crippen molar-refractivity contribution >= 4 is 22.9 Å². The molecule has 2 rings (SSSR count). The zero-order valence-electron chi connectivity index (χ0n) is 8.83. The molecule has 0 aromatic carbocycles. The third-order valence-corrected chi connectivity index (χ3v) is 3.98. The van der Waals surface area contributed by atoms with Gasteiger partial charge in [0.15, 0.2) is 0 Å². The Morgan fingerprint density at radius 3 is 2.93 bits per heavy atom. The first-order valence-corrected chi connectivity index (χ1v) is 6.48. The van der Waals surface area contributed by atoms with Crippen molar-refractivity contribution in [1.82, 2.24) is 5.32 Å². The summed E-state index contributed by atoms with van der Waals surface area (Å²) in [5.41, 5.74) is 0. The maximum Gasteiger partial charge on any atom is 0.0932 e. The second kappa shape index (κ2) is 5.30. The summed E-state index contributed by atoms with van der Waals surface area (Å²) < 4.78 is 6.62. The Bertz CT molecular complexity index is 309.